The summed E-state index contributed by atoms with van der Waals surface area (Å²) in [6.07, 6.45) is -1.13. The largest absolute Gasteiger partial charge is 0.388 e. The van der Waals surface area contributed by atoms with Crippen molar-refractivity contribution < 1.29 is 14.3 Å². The van der Waals surface area contributed by atoms with Crippen molar-refractivity contribution in [2.75, 3.05) is 5.32 Å². The number of rotatable bonds is 4. The van der Waals surface area contributed by atoms with Crippen molar-refractivity contribution in [3.8, 4) is 0 Å². The summed E-state index contributed by atoms with van der Waals surface area (Å²) in [6, 6.07) is 13.0. The molecule has 0 fully saturated rings. The minimum Gasteiger partial charge on any atom is -0.388 e. The Labute approximate surface area is 117 Å². The normalized spacial score (nSPS) is 11.9. The average Bonchev–Trinajstić information content (AvgIpc) is 2.41. The van der Waals surface area contributed by atoms with Gasteiger partial charge in [-0.15, -0.1) is 0 Å². The van der Waals surface area contributed by atoms with Gasteiger partial charge in [-0.2, -0.15) is 0 Å². The third-order valence-corrected chi connectivity index (χ3v) is 2.95. The van der Waals surface area contributed by atoms with Crippen LogP contribution in [0, 0.1) is 12.7 Å². The highest BCUT2D eigenvalue weighted by molar-refractivity contribution is 5.91. The van der Waals surface area contributed by atoms with Crippen LogP contribution in [0.3, 0.4) is 0 Å². The molecule has 0 aliphatic rings. The SMILES string of the molecule is Cc1ccc(NC(=O)CC(O)c2cccc(F)c2)cc1. The molecule has 2 N–H and O–H groups in total. The summed E-state index contributed by atoms with van der Waals surface area (Å²) in [5.41, 5.74) is 2.17. The van der Waals surface area contributed by atoms with E-state index in [9.17, 15) is 14.3 Å². The molecule has 0 saturated heterocycles. The van der Waals surface area contributed by atoms with Crippen molar-refractivity contribution in [1.29, 1.82) is 0 Å². The monoisotopic (exact) mass is 273 g/mol. The molecule has 0 bridgehead atoms. The molecule has 0 heterocycles. The Bertz CT molecular complexity index is 596. The minimum atomic E-state index is -1.02. The van der Waals surface area contributed by atoms with Crippen LogP contribution in [0.25, 0.3) is 0 Å². The van der Waals surface area contributed by atoms with E-state index >= 15 is 0 Å². The lowest BCUT2D eigenvalue weighted by Crippen LogP contribution is -2.15. The summed E-state index contributed by atoms with van der Waals surface area (Å²) in [5, 5.41) is 12.6. The summed E-state index contributed by atoms with van der Waals surface area (Å²) >= 11 is 0. The topological polar surface area (TPSA) is 49.3 Å². The highest BCUT2D eigenvalue weighted by Crippen LogP contribution is 2.18. The number of aliphatic hydroxyl groups excluding tert-OH is 1. The Balaban J connectivity index is 1.95. The van der Waals surface area contributed by atoms with E-state index in [0.717, 1.165) is 5.56 Å². The maximum atomic E-state index is 13.0. The van der Waals surface area contributed by atoms with Crippen molar-refractivity contribution in [1.82, 2.24) is 0 Å². The molecule has 0 aliphatic carbocycles. The fourth-order valence-corrected chi connectivity index (χ4v) is 1.86. The molecule has 2 rings (SSSR count). The van der Waals surface area contributed by atoms with Crippen LogP contribution in [-0.4, -0.2) is 11.0 Å². The number of carbonyl (C=O) groups excluding carboxylic acids is 1. The molecule has 1 unspecified atom stereocenters. The van der Waals surface area contributed by atoms with Gasteiger partial charge < -0.3 is 10.4 Å². The molecule has 2 aromatic carbocycles. The van der Waals surface area contributed by atoms with E-state index in [1.807, 2.05) is 19.1 Å². The molecule has 0 aliphatic heterocycles. The van der Waals surface area contributed by atoms with Gasteiger partial charge in [-0.3, -0.25) is 4.79 Å². The Morgan fingerprint density at radius 3 is 2.60 bits per heavy atom. The molecule has 4 heteroatoms. The van der Waals surface area contributed by atoms with Gasteiger partial charge in [-0.1, -0.05) is 29.8 Å². The highest BCUT2D eigenvalue weighted by atomic mass is 19.1. The van der Waals surface area contributed by atoms with Gasteiger partial charge in [-0.25, -0.2) is 4.39 Å². The Kier molecular flexibility index (Phi) is 4.48. The van der Waals surface area contributed by atoms with Crippen molar-refractivity contribution in [2.24, 2.45) is 0 Å². The van der Waals surface area contributed by atoms with Gasteiger partial charge >= 0.3 is 0 Å². The predicted octanol–water partition coefficient (Wildman–Crippen LogP) is 3.20. The number of hydrogen-bond donors (Lipinski definition) is 2. The number of aliphatic hydroxyl groups is 1. The lowest BCUT2D eigenvalue weighted by Gasteiger charge is -2.11. The van der Waals surface area contributed by atoms with E-state index in [-0.39, 0.29) is 12.3 Å². The van der Waals surface area contributed by atoms with E-state index in [1.54, 1.807) is 18.2 Å². The molecule has 0 spiro atoms. The zero-order valence-electron chi connectivity index (χ0n) is 11.1. The number of amides is 1. The third kappa shape index (κ3) is 3.90. The van der Waals surface area contributed by atoms with Crippen molar-refractivity contribution in [3.63, 3.8) is 0 Å². The molecule has 3 nitrogen and oxygen atoms in total. The molecular formula is C16H16FNO2. The molecule has 1 atom stereocenters. The number of halogens is 1. The van der Waals surface area contributed by atoms with E-state index in [4.69, 9.17) is 0 Å². The second-order valence-electron chi connectivity index (χ2n) is 4.69. The molecule has 0 saturated carbocycles. The quantitative estimate of drug-likeness (QED) is 0.898. The van der Waals surface area contributed by atoms with Crippen LogP contribution in [0.5, 0.6) is 0 Å². The lowest BCUT2D eigenvalue weighted by molar-refractivity contribution is -0.118. The fraction of sp³-hybridized carbons (Fsp3) is 0.188. The predicted molar refractivity (Wildman–Crippen MR) is 75.8 cm³/mol. The standard InChI is InChI=1S/C16H16FNO2/c1-11-5-7-14(8-6-11)18-16(20)10-15(19)12-3-2-4-13(17)9-12/h2-9,15,19H,10H2,1H3,(H,18,20). The molecule has 1 amide bonds. The van der Waals surface area contributed by atoms with E-state index < -0.39 is 11.9 Å². The molecule has 2 aromatic rings. The molecular weight excluding hydrogens is 257 g/mol. The van der Waals surface area contributed by atoms with Crippen LogP contribution in [0.4, 0.5) is 10.1 Å². The second kappa shape index (κ2) is 6.30. The Morgan fingerprint density at radius 1 is 1.25 bits per heavy atom. The first-order chi connectivity index (χ1) is 9.54. The van der Waals surface area contributed by atoms with Gasteiger partial charge in [0.25, 0.3) is 0 Å². The zero-order chi connectivity index (χ0) is 14.5. The van der Waals surface area contributed by atoms with Crippen LogP contribution in [0.2, 0.25) is 0 Å². The Hall–Kier alpha value is -2.20. The summed E-state index contributed by atoms with van der Waals surface area (Å²) < 4.78 is 13.0. The Morgan fingerprint density at radius 2 is 1.95 bits per heavy atom. The lowest BCUT2D eigenvalue weighted by atomic mass is 10.1. The zero-order valence-corrected chi connectivity index (χ0v) is 11.1. The smallest absolute Gasteiger partial charge is 0.227 e. The summed E-state index contributed by atoms with van der Waals surface area (Å²) in [6.45, 7) is 1.96. The summed E-state index contributed by atoms with van der Waals surface area (Å²) in [5.74, 6) is -0.744. The van der Waals surface area contributed by atoms with Gasteiger partial charge in [0, 0.05) is 5.69 Å². The minimum absolute atomic E-state index is 0.114. The number of aryl methyl sites for hydroxylation is 1. The number of anilines is 1. The van der Waals surface area contributed by atoms with Gasteiger partial charge in [0.05, 0.1) is 12.5 Å². The molecule has 0 radical (unpaired) electrons. The van der Waals surface area contributed by atoms with E-state index in [0.29, 0.717) is 11.3 Å². The number of nitrogens with one attached hydrogen (secondary N) is 1. The first-order valence-corrected chi connectivity index (χ1v) is 6.34. The molecule has 104 valence electrons. The first kappa shape index (κ1) is 14.2. The van der Waals surface area contributed by atoms with Gasteiger partial charge in [0.1, 0.15) is 5.82 Å². The van der Waals surface area contributed by atoms with Crippen LogP contribution < -0.4 is 5.32 Å². The maximum absolute atomic E-state index is 13.0. The fourth-order valence-electron chi connectivity index (χ4n) is 1.86. The first-order valence-electron chi connectivity index (χ1n) is 6.34. The highest BCUT2D eigenvalue weighted by Gasteiger charge is 2.13. The van der Waals surface area contributed by atoms with E-state index in [1.165, 1.54) is 18.2 Å². The van der Waals surface area contributed by atoms with Crippen molar-refractivity contribution in [2.45, 2.75) is 19.4 Å². The summed E-state index contributed by atoms with van der Waals surface area (Å²) in [7, 11) is 0. The van der Waals surface area contributed by atoms with Crippen LogP contribution in [-0.2, 0) is 4.79 Å². The van der Waals surface area contributed by atoms with Gasteiger partial charge in [0.2, 0.25) is 5.91 Å². The number of hydrogen-bond acceptors (Lipinski definition) is 2. The third-order valence-electron chi connectivity index (χ3n) is 2.95. The van der Waals surface area contributed by atoms with E-state index in [2.05, 4.69) is 5.32 Å². The van der Waals surface area contributed by atoms with Crippen molar-refractivity contribution in [3.05, 3.63) is 65.5 Å². The maximum Gasteiger partial charge on any atom is 0.227 e. The van der Waals surface area contributed by atoms with Crippen molar-refractivity contribution >= 4 is 11.6 Å². The van der Waals surface area contributed by atoms with Gasteiger partial charge in [0.15, 0.2) is 0 Å². The van der Waals surface area contributed by atoms with Crippen LogP contribution >= 0.6 is 0 Å². The molecule has 0 aromatic heterocycles. The number of carbonyl (C=O) groups is 1. The van der Waals surface area contributed by atoms with Crippen LogP contribution in [0.15, 0.2) is 48.5 Å². The van der Waals surface area contributed by atoms with Gasteiger partial charge in [-0.05, 0) is 36.8 Å². The average molecular weight is 273 g/mol. The number of benzene rings is 2. The molecule has 20 heavy (non-hydrogen) atoms. The summed E-state index contributed by atoms with van der Waals surface area (Å²) in [4.78, 5) is 11.8. The second-order valence-corrected chi connectivity index (χ2v) is 4.69. The van der Waals surface area contributed by atoms with Crippen LogP contribution in [0.1, 0.15) is 23.7 Å².